The Labute approximate surface area is 162 Å². The molecule has 136 valence electrons. The van der Waals surface area contributed by atoms with Gasteiger partial charge in [-0.05, 0) is 34.7 Å². The summed E-state index contributed by atoms with van der Waals surface area (Å²) in [6.07, 6.45) is 0. The lowest BCUT2D eigenvalue weighted by molar-refractivity contribution is 0.106. The summed E-state index contributed by atoms with van der Waals surface area (Å²) < 4.78 is 0. The van der Waals surface area contributed by atoms with Crippen LogP contribution in [-0.2, 0) is 6.54 Å². The van der Waals surface area contributed by atoms with Crippen molar-refractivity contribution in [2.24, 2.45) is 0 Å². The molecule has 3 aromatic carbocycles. The van der Waals surface area contributed by atoms with Gasteiger partial charge in [-0.25, -0.2) is 0 Å². The molecule has 0 amide bonds. The van der Waals surface area contributed by atoms with Gasteiger partial charge in [0.1, 0.15) is 0 Å². The number of hydrogen-bond donors (Lipinski definition) is 0. The van der Waals surface area contributed by atoms with Gasteiger partial charge >= 0.3 is 0 Å². The van der Waals surface area contributed by atoms with Gasteiger partial charge < -0.3 is 0 Å². The van der Waals surface area contributed by atoms with E-state index < -0.39 is 0 Å². The lowest BCUT2D eigenvalue weighted by Crippen LogP contribution is -2.47. The number of hydrogen-bond acceptors (Lipinski definition) is 2. The Kier molecular flexibility index (Phi) is 4.31. The van der Waals surface area contributed by atoms with Gasteiger partial charge in [-0.3, -0.25) is 9.80 Å². The summed E-state index contributed by atoms with van der Waals surface area (Å²) in [5, 5.41) is 0. The maximum Gasteiger partial charge on any atom is 0.0614 e. The summed E-state index contributed by atoms with van der Waals surface area (Å²) in [6.45, 7) is 7.76. The highest BCUT2D eigenvalue weighted by Crippen LogP contribution is 2.46. The summed E-state index contributed by atoms with van der Waals surface area (Å²) in [5.74, 6) is 0. The molecular formula is C25H26N2. The molecule has 2 aliphatic rings. The lowest BCUT2D eigenvalue weighted by Gasteiger charge is -2.38. The fourth-order valence-electron chi connectivity index (χ4n) is 4.77. The second-order valence-corrected chi connectivity index (χ2v) is 7.88. The molecule has 0 N–H and O–H groups in total. The molecule has 5 rings (SSSR count). The highest BCUT2D eigenvalue weighted by atomic mass is 15.3. The van der Waals surface area contributed by atoms with Crippen molar-refractivity contribution >= 4 is 0 Å². The number of nitrogens with zero attached hydrogens (tertiary/aromatic N) is 2. The molecule has 0 radical (unpaired) electrons. The predicted octanol–water partition coefficient (Wildman–Crippen LogP) is 4.88. The van der Waals surface area contributed by atoms with E-state index in [0.717, 1.165) is 32.7 Å². The molecule has 1 saturated heterocycles. The smallest absolute Gasteiger partial charge is 0.0614 e. The van der Waals surface area contributed by atoms with Gasteiger partial charge in [0.25, 0.3) is 0 Å². The van der Waals surface area contributed by atoms with Gasteiger partial charge in [-0.2, -0.15) is 0 Å². The van der Waals surface area contributed by atoms with E-state index in [1.807, 2.05) is 0 Å². The molecular weight excluding hydrogens is 328 g/mol. The minimum absolute atomic E-state index is 0.415. The van der Waals surface area contributed by atoms with E-state index in [1.165, 1.54) is 33.4 Å². The molecule has 2 heteroatoms. The highest BCUT2D eigenvalue weighted by Gasteiger charge is 2.33. The zero-order valence-electron chi connectivity index (χ0n) is 15.9. The first-order valence-corrected chi connectivity index (χ1v) is 10.00. The number of piperazine rings is 1. The van der Waals surface area contributed by atoms with Crippen LogP contribution in [0.25, 0.3) is 11.1 Å². The van der Waals surface area contributed by atoms with Crippen molar-refractivity contribution in [3.63, 3.8) is 0 Å². The Balaban J connectivity index is 1.34. The van der Waals surface area contributed by atoms with E-state index in [2.05, 4.69) is 89.5 Å². The molecule has 1 aliphatic carbocycles. The van der Waals surface area contributed by atoms with Crippen molar-refractivity contribution in [2.75, 3.05) is 26.2 Å². The maximum atomic E-state index is 2.68. The van der Waals surface area contributed by atoms with Gasteiger partial charge in [0.15, 0.2) is 0 Å². The summed E-state index contributed by atoms with van der Waals surface area (Å²) in [6, 6.07) is 27.2. The second kappa shape index (κ2) is 6.95. The van der Waals surface area contributed by atoms with Crippen LogP contribution < -0.4 is 0 Å². The van der Waals surface area contributed by atoms with Gasteiger partial charge in [0.05, 0.1) is 6.04 Å². The van der Waals surface area contributed by atoms with Crippen LogP contribution in [0.15, 0.2) is 72.8 Å². The van der Waals surface area contributed by atoms with Gasteiger partial charge in [-0.15, -0.1) is 0 Å². The second-order valence-electron chi connectivity index (χ2n) is 7.88. The first-order chi connectivity index (χ1) is 13.3. The maximum absolute atomic E-state index is 2.68. The number of aryl methyl sites for hydroxylation is 1. The summed E-state index contributed by atoms with van der Waals surface area (Å²) in [7, 11) is 0. The first-order valence-electron chi connectivity index (χ1n) is 10.00. The molecule has 0 bridgehead atoms. The van der Waals surface area contributed by atoms with Crippen LogP contribution in [0.4, 0.5) is 0 Å². The van der Waals surface area contributed by atoms with Crippen molar-refractivity contribution < 1.29 is 0 Å². The van der Waals surface area contributed by atoms with E-state index in [4.69, 9.17) is 0 Å². The molecule has 3 aromatic rings. The third-order valence-corrected chi connectivity index (χ3v) is 6.06. The van der Waals surface area contributed by atoms with Gasteiger partial charge in [0, 0.05) is 32.7 Å². The normalized spacial score (nSPS) is 17.7. The molecule has 0 unspecified atom stereocenters. The van der Waals surface area contributed by atoms with Crippen molar-refractivity contribution in [2.45, 2.75) is 19.5 Å². The number of benzene rings is 3. The number of rotatable bonds is 3. The zero-order chi connectivity index (χ0) is 18.2. The first kappa shape index (κ1) is 16.7. The molecule has 27 heavy (non-hydrogen) atoms. The van der Waals surface area contributed by atoms with E-state index >= 15 is 0 Å². The standard InChI is InChI=1S/C25H26N2/c1-19-7-6-8-20(17-19)18-26-13-15-27(16-14-26)25-23-11-4-2-9-21(23)22-10-3-5-12-24(22)25/h2-12,17,25H,13-16,18H2,1H3. The van der Waals surface area contributed by atoms with Crippen LogP contribution in [0.5, 0.6) is 0 Å². The van der Waals surface area contributed by atoms with Crippen LogP contribution >= 0.6 is 0 Å². The summed E-state index contributed by atoms with van der Waals surface area (Å²) in [4.78, 5) is 5.27. The molecule has 1 fully saturated rings. The minimum atomic E-state index is 0.415. The average molecular weight is 354 g/mol. The fraction of sp³-hybridized carbons (Fsp3) is 0.280. The third kappa shape index (κ3) is 3.09. The van der Waals surface area contributed by atoms with Crippen molar-refractivity contribution in [3.8, 4) is 11.1 Å². The SMILES string of the molecule is Cc1cccc(CN2CCN(C3c4ccccc4-c4ccccc43)CC2)c1. The van der Waals surface area contributed by atoms with Crippen molar-refractivity contribution in [1.29, 1.82) is 0 Å². The molecule has 0 aromatic heterocycles. The van der Waals surface area contributed by atoms with Crippen LogP contribution in [0, 0.1) is 6.92 Å². The molecule has 0 spiro atoms. The molecule has 2 nitrogen and oxygen atoms in total. The van der Waals surface area contributed by atoms with E-state index in [9.17, 15) is 0 Å². The summed E-state index contributed by atoms with van der Waals surface area (Å²) >= 11 is 0. The predicted molar refractivity (Wildman–Crippen MR) is 112 cm³/mol. The van der Waals surface area contributed by atoms with E-state index in [-0.39, 0.29) is 0 Å². The zero-order valence-corrected chi connectivity index (χ0v) is 15.9. The Hall–Kier alpha value is -2.42. The molecule has 1 aliphatic heterocycles. The molecule has 0 saturated carbocycles. The van der Waals surface area contributed by atoms with Crippen LogP contribution in [0.2, 0.25) is 0 Å². The largest absolute Gasteiger partial charge is 0.297 e. The van der Waals surface area contributed by atoms with E-state index in [1.54, 1.807) is 0 Å². The van der Waals surface area contributed by atoms with Gasteiger partial charge in [-0.1, -0.05) is 78.4 Å². The van der Waals surface area contributed by atoms with Gasteiger partial charge in [0.2, 0.25) is 0 Å². The average Bonchev–Trinajstić information content (AvgIpc) is 3.03. The quantitative estimate of drug-likeness (QED) is 0.661. The lowest BCUT2D eigenvalue weighted by atomic mass is 10.0. The van der Waals surface area contributed by atoms with E-state index in [0.29, 0.717) is 6.04 Å². The Morgan fingerprint density at radius 1 is 0.741 bits per heavy atom. The third-order valence-electron chi connectivity index (χ3n) is 6.06. The van der Waals surface area contributed by atoms with Crippen molar-refractivity contribution in [1.82, 2.24) is 9.80 Å². The highest BCUT2D eigenvalue weighted by molar-refractivity contribution is 5.78. The Bertz CT molecular complexity index is 908. The van der Waals surface area contributed by atoms with Crippen molar-refractivity contribution in [3.05, 3.63) is 95.1 Å². The van der Waals surface area contributed by atoms with Crippen LogP contribution in [-0.4, -0.2) is 36.0 Å². The van der Waals surface area contributed by atoms with Crippen LogP contribution in [0.3, 0.4) is 0 Å². The monoisotopic (exact) mass is 354 g/mol. The minimum Gasteiger partial charge on any atom is -0.297 e. The topological polar surface area (TPSA) is 6.48 Å². The fourth-order valence-corrected chi connectivity index (χ4v) is 4.77. The number of fused-ring (bicyclic) bond motifs is 3. The Morgan fingerprint density at radius 2 is 1.37 bits per heavy atom. The Morgan fingerprint density at radius 3 is 2.00 bits per heavy atom. The molecule has 1 heterocycles. The molecule has 0 atom stereocenters. The summed E-state index contributed by atoms with van der Waals surface area (Å²) in [5.41, 5.74) is 8.57. The van der Waals surface area contributed by atoms with Crippen LogP contribution in [0.1, 0.15) is 28.3 Å².